The molecule has 0 bridgehead atoms. The highest BCUT2D eigenvalue weighted by Crippen LogP contribution is 2.40. The van der Waals surface area contributed by atoms with E-state index in [0.29, 0.717) is 22.8 Å². The van der Waals surface area contributed by atoms with E-state index in [1.54, 1.807) is 0 Å². The topological polar surface area (TPSA) is 75.1 Å². The van der Waals surface area contributed by atoms with Crippen LogP contribution in [0, 0.1) is 5.82 Å². The van der Waals surface area contributed by atoms with Gasteiger partial charge in [-0.1, -0.05) is 64.5 Å². The number of alkyl halides is 3. The maximum Gasteiger partial charge on any atom is 0.417 e. The third-order valence-electron chi connectivity index (χ3n) is 4.05. The van der Waals surface area contributed by atoms with Crippen molar-refractivity contribution in [3.63, 3.8) is 0 Å². The van der Waals surface area contributed by atoms with Crippen molar-refractivity contribution in [3.05, 3.63) is 58.1 Å². The molecule has 2 N–H and O–H groups in total. The number of hydrogen-bond donors (Lipinski definition) is 2. The van der Waals surface area contributed by atoms with Crippen molar-refractivity contribution in [1.82, 2.24) is 9.97 Å². The Morgan fingerprint density at radius 1 is 1.15 bits per heavy atom. The number of nitrogens with one attached hydrogen (secondary N) is 1. The van der Waals surface area contributed by atoms with E-state index >= 15 is 0 Å². The summed E-state index contributed by atoms with van der Waals surface area (Å²) in [6.45, 7) is 11.7. The van der Waals surface area contributed by atoms with Crippen LogP contribution in [0.4, 0.5) is 28.5 Å². The number of pyridine rings is 1. The van der Waals surface area contributed by atoms with E-state index in [1.165, 1.54) is 12.1 Å². The Morgan fingerprint density at radius 3 is 2.26 bits per heavy atom. The molecule has 3 aromatic rings. The summed E-state index contributed by atoms with van der Waals surface area (Å²) < 4.78 is 53.1. The van der Waals surface area contributed by atoms with E-state index in [-0.39, 0.29) is 27.5 Å². The molecule has 0 fully saturated rings. The smallest absolute Gasteiger partial charge is 0.417 e. The number of carboxylic acids is 1. The zero-order valence-corrected chi connectivity index (χ0v) is 21.1. The summed E-state index contributed by atoms with van der Waals surface area (Å²) in [5, 5.41) is 12.3. The van der Waals surface area contributed by atoms with Crippen LogP contribution in [-0.4, -0.2) is 21.0 Å². The second kappa shape index (κ2) is 12.7. The molecule has 0 amide bonds. The lowest BCUT2D eigenvalue weighted by molar-refractivity contribution is -0.137. The SMILES string of the molecule is CC.CC.CC(C)c1nc(Nc2ncc(C(F)(F)F)cc2C(=O)O)sc1-c1ccc(Cl)cc1F. The molecule has 0 unspecified atom stereocenters. The van der Waals surface area contributed by atoms with Gasteiger partial charge in [0.15, 0.2) is 5.13 Å². The van der Waals surface area contributed by atoms with Crippen molar-refractivity contribution in [2.45, 2.75) is 53.6 Å². The first-order chi connectivity index (χ1) is 16.0. The van der Waals surface area contributed by atoms with Crippen molar-refractivity contribution in [2.75, 3.05) is 5.32 Å². The highest BCUT2D eigenvalue weighted by Gasteiger charge is 2.33. The van der Waals surface area contributed by atoms with E-state index in [1.807, 2.05) is 41.5 Å². The molecule has 0 atom stereocenters. The molecule has 0 aliphatic rings. The normalized spacial score (nSPS) is 10.7. The summed E-state index contributed by atoms with van der Waals surface area (Å²) in [4.78, 5) is 19.9. The summed E-state index contributed by atoms with van der Waals surface area (Å²) in [7, 11) is 0. The van der Waals surface area contributed by atoms with Gasteiger partial charge in [-0.2, -0.15) is 13.2 Å². The van der Waals surface area contributed by atoms with Crippen LogP contribution < -0.4 is 5.32 Å². The van der Waals surface area contributed by atoms with E-state index in [4.69, 9.17) is 11.6 Å². The predicted octanol–water partition coefficient (Wildman–Crippen LogP) is 8.63. The molecule has 0 saturated heterocycles. The van der Waals surface area contributed by atoms with Gasteiger partial charge in [-0.15, -0.1) is 0 Å². The van der Waals surface area contributed by atoms with Crippen molar-refractivity contribution in [2.24, 2.45) is 0 Å². The molecule has 2 heterocycles. The van der Waals surface area contributed by atoms with Crippen LogP contribution in [0.2, 0.25) is 5.02 Å². The fourth-order valence-corrected chi connectivity index (χ4v) is 3.93. The minimum atomic E-state index is -4.74. The fourth-order valence-electron chi connectivity index (χ4n) is 2.63. The standard InChI is InChI=1S/C19H14ClF4N3O2S.2C2H6/c1-8(2)14-15(11-4-3-10(20)6-13(11)21)30-18(26-14)27-16-12(17(28)29)5-9(7-25-16)19(22,23)24;2*1-2/h3-8H,1-2H3,(H,28,29)(H,25,26,27);2*1-2H3. The van der Waals surface area contributed by atoms with Crippen molar-refractivity contribution < 1.29 is 27.5 Å². The molecular weight excluding hydrogens is 494 g/mol. The number of rotatable bonds is 5. The lowest BCUT2D eigenvalue weighted by Gasteiger charge is -2.10. The molecule has 1 aromatic carbocycles. The second-order valence-electron chi connectivity index (χ2n) is 6.56. The number of thiazole rings is 1. The second-order valence-corrected chi connectivity index (χ2v) is 8.00. The molecular formula is C23H26ClF4N3O2S. The van der Waals surface area contributed by atoms with E-state index in [2.05, 4.69) is 15.3 Å². The van der Waals surface area contributed by atoms with Gasteiger partial charge in [0.2, 0.25) is 0 Å². The van der Waals surface area contributed by atoms with Crippen LogP contribution in [-0.2, 0) is 6.18 Å². The first kappa shape index (κ1) is 29.3. The van der Waals surface area contributed by atoms with Gasteiger partial charge in [-0.25, -0.2) is 19.2 Å². The van der Waals surface area contributed by atoms with Crippen molar-refractivity contribution >= 4 is 39.9 Å². The third kappa shape index (κ3) is 7.14. The van der Waals surface area contributed by atoms with E-state index in [9.17, 15) is 27.5 Å². The number of anilines is 2. The third-order valence-corrected chi connectivity index (χ3v) is 5.30. The van der Waals surface area contributed by atoms with Crippen LogP contribution in [0.3, 0.4) is 0 Å². The highest BCUT2D eigenvalue weighted by atomic mass is 35.5. The van der Waals surface area contributed by atoms with Crippen molar-refractivity contribution in [1.29, 1.82) is 0 Å². The van der Waals surface area contributed by atoms with Gasteiger partial charge in [0.05, 0.1) is 16.1 Å². The minimum absolute atomic E-state index is 0.110. The number of hydrogen-bond acceptors (Lipinski definition) is 5. The average Bonchev–Trinajstić information content (AvgIpc) is 3.19. The van der Waals surface area contributed by atoms with Gasteiger partial charge in [0.25, 0.3) is 0 Å². The Kier molecular flexibility index (Phi) is 10.9. The van der Waals surface area contributed by atoms with Gasteiger partial charge in [0.1, 0.15) is 17.2 Å². The van der Waals surface area contributed by atoms with Crippen LogP contribution >= 0.6 is 22.9 Å². The molecule has 0 aliphatic heterocycles. The number of aromatic nitrogens is 2. The minimum Gasteiger partial charge on any atom is -0.478 e. The van der Waals surface area contributed by atoms with Gasteiger partial charge in [0, 0.05) is 16.8 Å². The Morgan fingerprint density at radius 2 is 1.76 bits per heavy atom. The zero-order chi connectivity index (χ0) is 26.2. The average molecular weight is 520 g/mol. The molecule has 0 saturated carbocycles. The summed E-state index contributed by atoms with van der Waals surface area (Å²) >= 11 is 6.83. The largest absolute Gasteiger partial charge is 0.478 e. The summed E-state index contributed by atoms with van der Waals surface area (Å²) in [5.41, 5.74) is -1.05. The molecule has 3 rings (SSSR count). The van der Waals surface area contributed by atoms with Gasteiger partial charge >= 0.3 is 12.1 Å². The number of carbonyl (C=O) groups is 1. The molecule has 0 spiro atoms. The summed E-state index contributed by atoms with van der Waals surface area (Å²) in [5.74, 6) is -2.55. The monoisotopic (exact) mass is 519 g/mol. The predicted molar refractivity (Wildman–Crippen MR) is 129 cm³/mol. The zero-order valence-electron chi connectivity index (χ0n) is 19.5. The van der Waals surface area contributed by atoms with Gasteiger partial charge in [-0.3, -0.25) is 0 Å². The Balaban J connectivity index is 0.00000137. The van der Waals surface area contributed by atoms with Crippen LogP contribution in [0.25, 0.3) is 10.4 Å². The van der Waals surface area contributed by atoms with Crippen LogP contribution in [0.15, 0.2) is 30.5 Å². The van der Waals surface area contributed by atoms with E-state index in [0.717, 1.165) is 17.4 Å². The first-order valence-corrected chi connectivity index (χ1v) is 11.7. The van der Waals surface area contributed by atoms with Gasteiger partial charge in [-0.05, 0) is 30.2 Å². The number of nitrogens with zero attached hydrogens (tertiary/aromatic N) is 2. The molecule has 0 radical (unpaired) electrons. The summed E-state index contributed by atoms with van der Waals surface area (Å²) in [6.07, 6.45) is -4.20. The fraction of sp³-hybridized carbons (Fsp3) is 0.348. The Bertz CT molecular complexity index is 1120. The molecule has 5 nitrogen and oxygen atoms in total. The molecule has 34 heavy (non-hydrogen) atoms. The number of aromatic carboxylic acids is 1. The summed E-state index contributed by atoms with van der Waals surface area (Å²) in [6, 6.07) is 4.68. The van der Waals surface area contributed by atoms with Crippen LogP contribution in [0.5, 0.6) is 0 Å². The molecule has 2 aromatic heterocycles. The van der Waals surface area contributed by atoms with E-state index < -0.39 is 29.1 Å². The Hall–Kier alpha value is -2.72. The number of halogens is 5. The molecule has 11 heteroatoms. The van der Waals surface area contributed by atoms with Crippen LogP contribution in [0.1, 0.15) is 69.1 Å². The quantitative estimate of drug-likeness (QED) is 0.330. The maximum atomic E-state index is 14.4. The van der Waals surface area contributed by atoms with Crippen molar-refractivity contribution in [3.8, 4) is 10.4 Å². The Labute approximate surface area is 204 Å². The number of benzene rings is 1. The lowest BCUT2D eigenvalue weighted by atomic mass is 10.0. The maximum absolute atomic E-state index is 14.4. The van der Waals surface area contributed by atoms with Gasteiger partial charge < -0.3 is 10.4 Å². The number of carboxylic acid groups (broad SMARTS) is 1. The molecule has 0 aliphatic carbocycles. The lowest BCUT2D eigenvalue weighted by Crippen LogP contribution is -2.11. The highest BCUT2D eigenvalue weighted by molar-refractivity contribution is 7.19. The molecule has 186 valence electrons. The first-order valence-electron chi connectivity index (χ1n) is 10.5.